The first-order chi connectivity index (χ1) is 16.7. The maximum absolute atomic E-state index is 14.3. The fourth-order valence-corrected chi connectivity index (χ4v) is 6.37. The zero-order chi connectivity index (χ0) is 24.7. The van der Waals surface area contributed by atoms with Gasteiger partial charge in [0.15, 0.2) is 5.65 Å². The van der Waals surface area contributed by atoms with Gasteiger partial charge in [0, 0.05) is 40.8 Å². The second kappa shape index (κ2) is 9.67. The first-order valence-electron chi connectivity index (χ1n) is 10.7. The van der Waals surface area contributed by atoms with Gasteiger partial charge in [-0.25, -0.2) is 17.8 Å². The molecule has 0 unspecified atom stereocenters. The van der Waals surface area contributed by atoms with Gasteiger partial charge in [-0.1, -0.05) is 41.4 Å². The standard InChI is InChI=1S/C23H19BrCl2FN5O2S/c24-17-13-28-32-22(12-20(30-23(17)32)16-3-1-2-4-18(16)26)29-15-7-9-31(10-8-15)35(33,34)21-6-5-14(25)11-19(21)27/h1-6,11-13,15,29H,7-10H2. The molecule has 1 N–H and O–H groups in total. The molecule has 1 aliphatic heterocycles. The van der Waals surface area contributed by atoms with E-state index in [4.69, 9.17) is 28.2 Å². The van der Waals surface area contributed by atoms with Crippen molar-refractivity contribution in [3.05, 3.63) is 75.1 Å². The first kappa shape index (κ1) is 24.5. The summed E-state index contributed by atoms with van der Waals surface area (Å²) in [7, 11) is -3.96. The number of aromatic nitrogens is 3. The molecule has 0 bridgehead atoms. The number of nitrogens with zero attached hydrogens (tertiary/aromatic N) is 4. The molecule has 7 nitrogen and oxygen atoms in total. The van der Waals surface area contributed by atoms with Crippen LogP contribution in [0.15, 0.2) is 64.1 Å². The second-order valence-corrected chi connectivity index (χ2v) is 11.7. The number of nitrogens with one attached hydrogen (secondary N) is 1. The molecule has 0 amide bonds. The molecule has 4 aromatic rings. The van der Waals surface area contributed by atoms with Crippen LogP contribution in [-0.4, -0.2) is 46.5 Å². The fraction of sp³-hybridized carbons (Fsp3) is 0.217. The third-order valence-corrected chi connectivity index (χ3v) is 8.95. The number of anilines is 1. The Morgan fingerprint density at radius 3 is 2.54 bits per heavy atom. The van der Waals surface area contributed by atoms with Crippen LogP contribution in [0.2, 0.25) is 10.0 Å². The van der Waals surface area contributed by atoms with Crippen molar-refractivity contribution in [1.82, 2.24) is 18.9 Å². The lowest BCUT2D eigenvalue weighted by atomic mass is 10.1. The highest BCUT2D eigenvalue weighted by atomic mass is 79.9. The van der Waals surface area contributed by atoms with Gasteiger partial charge in [-0.2, -0.15) is 13.9 Å². The van der Waals surface area contributed by atoms with Crippen molar-refractivity contribution in [2.45, 2.75) is 23.8 Å². The molecule has 3 heterocycles. The van der Waals surface area contributed by atoms with Crippen molar-refractivity contribution in [3.8, 4) is 11.3 Å². The van der Waals surface area contributed by atoms with Gasteiger partial charge in [-0.05, 0) is 53.0 Å². The van der Waals surface area contributed by atoms with Gasteiger partial charge < -0.3 is 5.32 Å². The van der Waals surface area contributed by atoms with E-state index in [0.29, 0.717) is 35.0 Å². The van der Waals surface area contributed by atoms with Crippen LogP contribution < -0.4 is 5.32 Å². The van der Waals surface area contributed by atoms with Crippen LogP contribution in [0.5, 0.6) is 0 Å². The molecular formula is C23H19BrCl2FN5O2S. The molecule has 0 saturated carbocycles. The molecule has 1 fully saturated rings. The van der Waals surface area contributed by atoms with Crippen LogP contribution in [-0.2, 0) is 10.0 Å². The molecule has 1 saturated heterocycles. The van der Waals surface area contributed by atoms with E-state index in [0.717, 1.165) is 16.1 Å². The summed E-state index contributed by atoms with van der Waals surface area (Å²) >= 11 is 15.7. The number of fused-ring (bicyclic) bond motifs is 1. The summed E-state index contributed by atoms with van der Waals surface area (Å²) in [6.07, 6.45) is 2.73. The van der Waals surface area contributed by atoms with E-state index < -0.39 is 15.8 Å². The Bertz CT molecular complexity index is 1520. The minimum absolute atomic E-state index is 0.0239. The van der Waals surface area contributed by atoms with Crippen molar-refractivity contribution in [2.75, 3.05) is 18.4 Å². The molecule has 1 aliphatic rings. The highest BCUT2D eigenvalue weighted by Crippen LogP contribution is 2.31. The number of halogens is 4. The van der Waals surface area contributed by atoms with E-state index in [2.05, 4.69) is 26.3 Å². The van der Waals surface area contributed by atoms with E-state index >= 15 is 0 Å². The Morgan fingerprint density at radius 1 is 1.09 bits per heavy atom. The van der Waals surface area contributed by atoms with Crippen LogP contribution >= 0.6 is 39.1 Å². The van der Waals surface area contributed by atoms with E-state index in [1.807, 2.05) is 24.3 Å². The summed E-state index contributed by atoms with van der Waals surface area (Å²) in [5.41, 5.74) is 2.10. The number of benzene rings is 2. The van der Waals surface area contributed by atoms with Crippen LogP contribution in [0, 0.1) is 5.82 Å². The lowest BCUT2D eigenvalue weighted by molar-refractivity contribution is 0.328. The minimum atomic E-state index is -3.96. The average molecular weight is 599 g/mol. The van der Waals surface area contributed by atoms with Gasteiger partial charge in [-0.3, -0.25) is 0 Å². The minimum Gasteiger partial charge on any atom is -0.367 e. The lowest BCUT2D eigenvalue weighted by Crippen LogP contribution is -2.42. The topological polar surface area (TPSA) is 79.6 Å². The number of hydrogen-bond donors (Lipinski definition) is 1. The Morgan fingerprint density at radius 2 is 1.83 bits per heavy atom. The van der Waals surface area contributed by atoms with Crippen LogP contribution in [0.1, 0.15) is 12.8 Å². The van der Waals surface area contributed by atoms with Gasteiger partial charge in [0.25, 0.3) is 0 Å². The summed E-state index contributed by atoms with van der Waals surface area (Å²) in [4.78, 5) is 4.34. The quantitative estimate of drug-likeness (QED) is 0.311. The van der Waals surface area contributed by atoms with Gasteiger partial charge in [0.1, 0.15) is 16.5 Å². The van der Waals surface area contributed by atoms with Gasteiger partial charge in [0.05, 0.1) is 16.4 Å². The van der Waals surface area contributed by atoms with Gasteiger partial charge in [-0.15, -0.1) is 0 Å². The highest BCUT2D eigenvalue weighted by molar-refractivity contribution is 9.10. The zero-order valence-corrected chi connectivity index (χ0v) is 22.0. The van der Waals surface area contributed by atoms with E-state index in [-0.39, 0.29) is 29.0 Å². The van der Waals surface area contributed by atoms with Gasteiger partial charge >= 0.3 is 0 Å². The lowest BCUT2D eigenvalue weighted by Gasteiger charge is -2.32. The maximum Gasteiger partial charge on any atom is 0.245 e. The van der Waals surface area contributed by atoms with Crippen molar-refractivity contribution in [1.29, 1.82) is 0 Å². The smallest absolute Gasteiger partial charge is 0.245 e. The van der Waals surface area contributed by atoms with Crippen LogP contribution in [0.25, 0.3) is 16.9 Å². The molecule has 35 heavy (non-hydrogen) atoms. The number of hydrogen-bond acceptors (Lipinski definition) is 5. The Balaban J connectivity index is 1.38. The largest absolute Gasteiger partial charge is 0.367 e. The molecule has 0 spiro atoms. The monoisotopic (exact) mass is 597 g/mol. The molecule has 182 valence electrons. The van der Waals surface area contributed by atoms with Crippen molar-refractivity contribution in [3.63, 3.8) is 0 Å². The second-order valence-electron chi connectivity index (χ2n) is 8.13. The summed E-state index contributed by atoms with van der Waals surface area (Å²) in [6, 6.07) is 12.9. The predicted octanol–water partition coefficient (Wildman–Crippen LogP) is 5.87. The van der Waals surface area contributed by atoms with E-state index in [1.54, 1.807) is 16.8 Å². The summed E-state index contributed by atoms with van der Waals surface area (Å²) in [5.74, 6) is -0.144. The molecule has 0 atom stereocenters. The average Bonchev–Trinajstić information content (AvgIpc) is 3.20. The molecule has 0 radical (unpaired) electrons. The molecule has 2 aromatic carbocycles. The Labute approximate surface area is 220 Å². The first-order valence-corrected chi connectivity index (χ1v) is 13.7. The molecule has 12 heteroatoms. The normalized spacial score (nSPS) is 15.5. The van der Waals surface area contributed by atoms with Gasteiger partial charge in [0.2, 0.25) is 10.0 Å². The van der Waals surface area contributed by atoms with Crippen molar-refractivity contribution >= 4 is 60.6 Å². The number of rotatable bonds is 5. The third-order valence-electron chi connectivity index (χ3n) is 5.90. The molecule has 2 aromatic heterocycles. The SMILES string of the molecule is O=S(=O)(c1ccc(Cl)cc1F)N1CCC(Nc2cc(-c3ccccc3Cl)nc3c(Br)cnn23)CC1. The Kier molecular flexibility index (Phi) is 6.75. The summed E-state index contributed by atoms with van der Waals surface area (Å²) < 4.78 is 44.0. The molecule has 0 aliphatic carbocycles. The predicted molar refractivity (Wildman–Crippen MR) is 138 cm³/mol. The summed E-state index contributed by atoms with van der Waals surface area (Å²) in [5, 5.41) is 8.62. The van der Waals surface area contributed by atoms with Crippen LogP contribution in [0.3, 0.4) is 0 Å². The third kappa shape index (κ3) is 4.77. The van der Waals surface area contributed by atoms with Crippen molar-refractivity contribution < 1.29 is 12.8 Å². The van der Waals surface area contributed by atoms with E-state index in [9.17, 15) is 12.8 Å². The highest BCUT2D eigenvalue weighted by Gasteiger charge is 2.31. The van der Waals surface area contributed by atoms with Crippen molar-refractivity contribution in [2.24, 2.45) is 0 Å². The van der Waals surface area contributed by atoms with Crippen LogP contribution in [0.4, 0.5) is 10.2 Å². The molecule has 5 rings (SSSR count). The fourth-order valence-electron chi connectivity index (χ4n) is 4.12. The maximum atomic E-state index is 14.3. The zero-order valence-electron chi connectivity index (χ0n) is 18.1. The summed E-state index contributed by atoms with van der Waals surface area (Å²) in [6.45, 7) is 0.493. The number of sulfonamides is 1. The van der Waals surface area contributed by atoms with E-state index in [1.165, 1.54) is 16.4 Å². The number of piperidine rings is 1. The molecular weight excluding hydrogens is 580 g/mol. The Hall–Kier alpha value is -2.24.